The average Bonchev–Trinajstić information content (AvgIpc) is 2.45. The summed E-state index contributed by atoms with van der Waals surface area (Å²) in [5.74, 6) is 4.25. The Bertz CT molecular complexity index is 601. The number of nitrogen functional groups attached to an aromatic ring is 1. The van der Waals surface area contributed by atoms with Gasteiger partial charge in [0.15, 0.2) is 0 Å². The van der Waals surface area contributed by atoms with E-state index in [0.717, 1.165) is 5.01 Å². The van der Waals surface area contributed by atoms with Gasteiger partial charge in [0.05, 0.1) is 5.56 Å². The normalized spacial score (nSPS) is 18.1. The number of benzene rings is 1. The molecule has 6 N–H and O–H groups in total. The molecule has 1 aliphatic rings. The summed E-state index contributed by atoms with van der Waals surface area (Å²) < 4.78 is 0. The van der Waals surface area contributed by atoms with Gasteiger partial charge in [-0.3, -0.25) is 24.7 Å². The van der Waals surface area contributed by atoms with Crippen molar-refractivity contribution < 1.29 is 14.4 Å². The van der Waals surface area contributed by atoms with Gasteiger partial charge in [0.2, 0.25) is 5.91 Å². The molecule has 1 atom stereocenters. The summed E-state index contributed by atoms with van der Waals surface area (Å²) in [4.78, 5) is 35.4. The number of nitrogens with zero attached hydrogens (tertiary/aromatic N) is 1. The van der Waals surface area contributed by atoms with Crippen LogP contribution >= 0.6 is 0 Å². The Kier molecular flexibility index (Phi) is 4.08. The van der Waals surface area contributed by atoms with Crippen LogP contribution in [0.2, 0.25) is 0 Å². The second-order valence-electron chi connectivity index (χ2n) is 4.70. The Hall–Kier alpha value is -2.61. The zero-order valence-corrected chi connectivity index (χ0v) is 11.6. The predicted octanol–water partition coefficient (Wildman–Crippen LogP) is -0.568. The maximum Gasteiger partial charge on any atom is 0.272 e. The van der Waals surface area contributed by atoms with Gasteiger partial charge in [0, 0.05) is 24.8 Å². The topological polar surface area (TPSA) is 131 Å². The molecule has 0 aromatic heterocycles. The quantitative estimate of drug-likeness (QED) is 0.194. The second kappa shape index (κ2) is 5.80. The summed E-state index contributed by atoms with van der Waals surface area (Å²) in [6.45, 7) is 0. The second-order valence-corrected chi connectivity index (χ2v) is 4.70. The highest BCUT2D eigenvalue weighted by molar-refractivity contribution is 6.07. The van der Waals surface area contributed by atoms with Crippen LogP contribution in [-0.4, -0.2) is 35.8 Å². The van der Waals surface area contributed by atoms with Crippen LogP contribution in [0.15, 0.2) is 18.2 Å². The van der Waals surface area contributed by atoms with Gasteiger partial charge >= 0.3 is 0 Å². The number of hydrogen-bond donors (Lipinski definition) is 4. The monoisotopic (exact) mass is 291 g/mol. The predicted molar refractivity (Wildman–Crippen MR) is 76.9 cm³/mol. The number of carbonyl (C=O) groups is 3. The Morgan fingerprint density at radius 3 is 2.76 bits per heavy atom. The first-order chi connectivity index (χ1) is 9.95. The SMILES string of the molecule is CNc1cccc(N)c1C(=O)N(N)C1CCC(=O)NC1=O. The van der Waals surface area contributed by atoms with Crippen LogP contribution in [0.4, 0.5) is 11.4 Å². The molecule has 0 aliphatic carbocycles. The van der Waals surface area contributed by atoms with E-state index in [0.29, 0.717) is 5.69 Å². The third-order valence-corrected chi connectivity index (χ3v) is 3.36. The van der Waals surface area contributed by atoms with Crippen molar-refractivity contribution in [3.05, 3.63) is 23.8 Å². The van der Waals surface area contributed by atoms with Crippen molar-refractivity contribution in [1.82, 2.24) is 10.3 Å². The van der Waals surface area contributed by atoms with Gasteiger partial charge in [-0.25, -0.2) is 5.84 Å². The zero-order valence-electron chi connectivity index (χ0n) is 11.6. The van der Waals surface area contributed by atoms with E-state index in [1.807, 2.05) is 0 Å². The minimum atomic E-state index is -0.889. The maximum atomic E-state index is 12.5. The molecule has 1 fully saturated rings. The maximum absolute atomic E-state index is 12.5. The fourth-order valence-corrected chi connectivity index (χ4v) is 2.24. The molecule has 1 aliphatic heterocycles. The lowest BCUT2D eigenvalue weighted by atomic mass is 10.0. The molecule has 1 unspecified atom stereocenters. The lowest BCUT2D eigenvalue weighted by molar-refractivity contribution is -0.136. The molecule has 8 nitrogen and oxygen atoms in total. The van der Waals surface area contributed by atoms with Crippen LogP contribution in [-0.2, 0) is 9.59 Å². The summed E-state index contributed by atoms with van der Waals surface area (Å²) in [7, 11) is 1.65. The largest absolute Gasteiger partial charge is 0.398 e. The van der Waals surface area contributed by atoms with Gasteiger partial charge < -0.3 is 11.1 Å². The van der Waals surface area contributed by atoms with Crippen LogP contribution in [0.1, 0.15) is 23.2 Å². The van der Waals surface area contributed by atoms with Gasteiger partial charge in [-0.15, -0.1) is 0 Å². The van der Waals surface area contributed by atoms with Crippen molar-refractivity contribution in [2.45, 2.75) is 18.9 Å². The van der Waals surface area contributed by atoms with E-state index >= 15 is 0 Å². The third-order valence-electron chi connectivity index (χ3n) is 3.36. The van der Waals surface area contributed by atoms with Crippen molar-refractivity contribution in [3.8, 4) is 0 Å². The number of anilines is 2. The smallest absolute Gasteiger partial charge is 0.272 e. The van der Waals surface area contributed by atoms with E-state index in [1.54, 1.807) is 25.2 Å². The molecule has 2 rings (SSSR count). The Morgan fingerprint density at radius 2 is 2.14 bits per heavy atom. The van der Waals surface area contributed by atoms with Gasteiger partial charge in [-0.2, -0.15) is 0 Å². The minimum absolute atomic E-state index is 0.139. The molecule has 112 valence electrons. The number of rotatable bonds is 3. The highest BCUT2D eigenvalue weighted by atomic mass is 16.2. The average molecular weight is 291 g/mol. The third kappa shape index (κ3) is 2.79. The van der Waals surface area contributed by atoms with Crippen molar-refractivity contribution in [2.75, 3.05) is 18.1 Å². The molecule has 1 aromatic carbocycles. The first kappa shape index (κ1) is 14.8. The van der Waals surface area contributed by atoms with Gasteiger partial charge in [-0.1, -0.05) is 6.07 Å². The minimum Gasteiger partial charge on any atom is -0.398 e. The summed E-state index contributed by atoms with van der Waals surface area (Å²) >= 11 is 0. The highest BCUT2D eigenvalue weighted by Crippen LogP contribution is 2.24. The number of hydrazine groups is 1. The molecule has 1 aromatic rings. The fourth-order valence-electron chi connectivity index (χ4n) is 2.24. The summed E-state index contributed by atoms with van der Waals surface area (Å²) in [5.41, 5.74) is 6.80. The van der Waals surface area contributed by atoms with E-state index in [4.69, 9.17) is 11.6 Å². The number of nitrogens with two attached hydrogens (primary N) is 2. The molecule has 0 spiro atoms. The zero-order chi connectivity index (χ0) is 15.6. The van der Waals surface area contributed by atoms with Gasteiger partial charge in [0.25, 0.3) is 11.8 Å². The number of nitrogens with one attached hydrogen (secondary N) is 2. The van der Waals surface area contributed by atoms with Crippen molar-refractivity contribution in [1.29, 1.82) is 0 Å². The molecular formula is C13H17N5O3. The van der Waals surface area contributed by atoms with Crippen LogP contribution in [0.25, 0.3) is 0 Å². The molecule has 8 heteroatoms. The number of carbonyl (C=O) groups excluding carboxylic acids is 3. The van der Waals surface area contributed by atoms with E-state index in [9.17, 15) is 14.4 Å². The van der Waals surface area contributed by atoms with Crippen LogP contribution in [0.5, 0.6) is 0 Å². The molecule has 0 bridgehead atoms. The summed E-state index contributed by atoms with van der Waals surface area (Å²) in [6.07, 6.45) is 0.328. The van der Waals surface area contributed by atoms with E-state index in [-0.39, 0.29) is 30.0 Å². The van der Waals surface area contributed by atoms with E-state index in [2.05, 4.69) is 10.6 Å². The highest BCUT2D eigenvalue weighted by Gasteiger charge is 2.34. The molecule has 21 heavy (non-hydrogen) atoms. The Labute approximate surface area is 121 Å². The molecule has 0 radical (unpaired) electrons. The van der Waals surface area contributed by atoms with Crippen LogP contribution in [0.3, 0.4) is 0 Å². The Morgan fingerprint density at radius 1 is 1.43 bits per heavy atom. The van der Waals surface area contributed by atoms with Crippen LogP contribution < -0.4 is 22.2 Å². The number of imide groups is 1. The van der Waals surface area contributed by atoms with Crippen LogP contribution in [0, 0.1) is 0 Å². The molecule has 0 saturated carbocycles. The fraction of sp³-hybridized carbons (Fsp3) is 0.308. The van der Waals surface area contributed by atoms with E-state index < -0.39 is 17.9 Å². The molecular weight excluding hydrogens is 274 g/mol. The lowest BCUT2D eigenvalue weighted by Crippen LogP contribution is -2.57. The standard InChI is InChI=1S/C13H17N5O3/c1-16-8-4-2-3-7(14)11(8)13(21)18(15)9-5-6-10(19)17-12(9)20/h2-4,9,16H,5-6,14-15H2,1H3,(H,17,19,20). The van der Waals surface area contributed by atoms with Gasteiger partial charge in [-0.05, 0) is 18.6 Å². The number of piperidine rings is 1. The first-order valence-electron chi connectivity index (χ1n) is 6.44. The van der Waals surface area contributed by atoms with Crippen molar-refractivity contribution in [3.63, 3.8) is 0 Å². The number of amides is 3. The van der Waals surface area contributed by atoms with Crippen molar-refractivity contribution >= 4 is 29.1 Å². The number of hydrogen-bond acceptors (Lipinski definition) is 6. The van der Waals surface area contributed by atoms with E-state index in [1.165, 1.54) is 0 Å². The molecule has 1 saturated heterocycles. The first-order valence-corrected chi connectivity index (χ1v) is 6.44. The van der Waals surface area contributed by atoms with Crippen molar-refractivity contribution in [2.24, 2.45) is 5.84 Å². The summed E-state index contributed by atoms with van der Waals surface area (Å²) in [6, 6.07) is 4.07. The van der Waals surface area contributed by atoms with Gasteiger partial charge in [0.1, 0.15) is 6.04 Å². The summed E-state index contributed by atoms with van der Waals surface area (Å²) in [5, 5.41) is 5.84. The lowest BCUT2D eigenvalue weighted by Gasteiger charge is -2.29. The molecule has 3 amide bonds. The molecule has 1 heterocycles. The Balaban J connectivity index is 2.28.